The van der Waals surface area contributed by atoms with Gasteiger partial charge in [-0.2, -0.15) is 0 Å². The van der Waals surface area contributed by atoms with Gasteiger partial charge in [-0.05, 0) is 49.6 Å². The van der Waals surface area contributed by atoms with E-state index in [1.165, 1.54) is 11.3 Å². The summed E-state index contributed by atoms with van der Waals surface area (Å²) in [6.45, 7) is 7.61. The van der Waals surface area contributed by atoms with Gasteiger partial charge >= 0.3 is 0 Å². The number of carbonyl (C=O) groups is 2. The quantitative estimate of drug-likeness (QED) is 0.847. The number of amides is 2. The summed E-state index contributed by atoms with van der Waals surface area (Å²) in [7, 11) is 0. The van der Waals surface area contributed by atoms with E-state index in [1.807, 2.05) is 29.2 Å². The zero-order valence-corrected chi connectivity index (χ0v) is 17.8. The fourth-order valence-electron chi connectivity index (χ4n) is 4.67. The molecule has 1 saturated heterocycles. The van der Waals surface area contributed by atoms with Gasteiger partial charge < -0.3 is 20.4 Å². The summed E-state index contributed by atoms with van der Waals surface area (Å²) in [4.78, 5) is 31.5. The number of aryl methyl sites for hydroxylation is 1. The van der Waals surface area contributed by atoms with Gasteiger partial charge in [0.2, 0.25) is 11.8 Å². The molecule has 0 unspecified atom stereocenters. The second-order valence-electron chi connectivity index (χ2n) is 8.43. The first kappa shape index (κ1) is 20.3. The molecule has 0 bridgehead atoms. The SMILES string of the molecule is Cc1cccc(N2CCN(C(=O)CN3c4ccccc4[C@@H](C(N)=O)C[C@H]3C)CC2)c1. The summed E-state index contributed by atoms with van der Waals surface area (Å²) in [6.07, 6.45) is 0.640. The lowest BCUT2D eigenvalue weighted by molar-refractivity contribution is -0.130. The first-order valence-corrected chi connectivity index (χ1v) is 10.7. The third-order valence-corrected chi connectivity index (χ3v) is 6.38. The summed E-state index contributed by atoms with van der Waals surface area (Å²) < 4.78 is 0. The summed E-state index contributed by atoms with van der Waals surface area (Å²) in [6, 6.07) is 16.4. The van der Waals surface area contributed by atoms with Crippen molar-refractivity contribution in [3.63, 3.8) is 0 Å². The predicted octanol–water partition coefficient (Wildman–Crippen LogP) is 2.51. The topological polar surface area (TPSA) is 69.9 Å². The Hall–Kier alpha value is -3.02. The molecule has 0 radical (unpaired) electrons. The van der Waals surface area contributed by atoms with Crippen LogP contribution >= 0.6 is 0 Å². The van der Waals surface area contributed by atoms with Crippen LogP contribution in [0.15, 0.2) is 48.5 Å². The van der Waals surface area contributed by atoms with E-state index in [0.29, 0.717) is 13.0 Å². The number of rotatable bonds is 4. The van der Waals surface area contributed by atoms with Crippen molar-refractivity contribution in [2.45, 2.75) is 32.2 Å². The van der Waals surface area contributed by atoms with E-state index in [0.717, 1.165) is 37.4 Å². The Bertz CT molecular complexity index is 936. The summed E-state index contributed by atoms with van der Waals surface area (Å²) >= 11 is 0. The van der Waals surface area contributed by atoms with Gasteiger partial charge in [-0.25, -0.2) is 0 Å². The molecule has 2 N–H and O–H groups in total. The number of nitrogens with two attached hydrogens (primary N) is 1. The molecule has 2 amide bonds. The Morgan fingerprint density at radius 3 is 2.47 bits per heavy atom. The van der Waals surface area contributed by atoms with Gasteiger partial charge in [0.05, 0.1) is 12.5 Å². The monoisotopic (exact) mass is 406 g/mol. The average molecular weight is 407 g/mol. The molecule has 6 nitrogen and oxygen atoms in total. The number of piperazine rings is 1. The minimum absolute atomic E-state index is 0.0786. The van der Waals surface area contributed by atoms with E-state index < -0.39 is 0 Å². The maximum Gasteiger partial charge on any atom is 0.242 e. The van der Waals surface area contributed by atoms with Gasteiger partial charge in [-0.3, -0.25) is 9.59 Å². The van der Waals surface area contributed by atoms with Crippen LogP contribution in [0.5, 0.6) is 0 Å². The van der Waals surface area contributed by atoms with Crippen molar-refractivity contribution < 1.29 is 9.59 Å². The lowest BCUT2D eigenvalue weighted by Crippen LogP contribution is -2.53. The fourth-order valence-corrected chi connectivity index (χ4v) is 4.67. The van der Waals surface area contributed by atoms with Crippen LogP contribution < -0.4 is 15.5 Å². The van der Waals surface area contributed by atoms with Crippen LogP contribution in [0, 0.1) is 6.92 Å². The Labute approximate surface area is 178 Å². The number of fused-ring (bicyclic) bond motifs is 1. The van der Waals surface area contributed by atoms with Gasteiger partial charge in [0.1, 0.15) is 0 Å². The smallest absolute Gasteiger partial charge is 0.242 e. The highest BCUT2D eigenvalue weighted by Gasteiger charge is 2.34. The number of nitrogens with zero attached hydrogens (tertiary/aromatic N) is 3. The third kappa shape index (κ3) is 3.99. The fraction of sp³-hybridized carbons (Fsp3) is 0.417. The molecule has 6 heteroatoms. The minimum atomic E-state index is -0.299. The van der Waals surface area contributed by atoms with Crippen molar-refractivity contribution in [2.24, 2.45) is 5.73 Å². The molecule has 1 fully saturated rings. The molecule has 30 heavy (non-hydrogen) atoms. The first-order chi connectivity index (χ1) is 14.4. The average Bonchev–Trinajstić information content (AvgIpc) is 2.75. The lowest BCUT2D eigenvalue weighted by atomic mass is 9.85. The van der Waals surface area contributed by atoms with E-state index in [1.54, 1.807) is 0 Å². The number of primary amides is 1. The van der Waals surface area contributed by atoms with Crippen LogP contribution in [0.4, 0.5) is 11.4 Å². The van der Waals surface area contributed by atoms with Crippen LogP contribution in [0.2, 0.25) is 0 Å². The summed E-state index contributed by atoms with van der Waals surface area (Å²) in [5.74, 6) is -0.453. The summed E-state index contributed by atoms with van der Waals surface area (Å²) in [5.41, 5.74) is 9.99. The van der Waals surface area contributed by atoms with Crippen molar-refractivity contribution in [2.75, 3.05) is 42.5 Å². The maximum absolute atomic E-state index is 13.1. The molecule has 0 saturated carbocycles. The number of anilines is 2. The largest absolute Gasteiger partial charge is 0.369 e. The molecule has 4 rings (SSSR count). The molecule has 2 atom stereocenters. The van der Waals surface area contributed by atoms with Crippen molar-refractivity contribution >= 4 is 23.2 Å². The molecule has 2 aliphatic heterocycles. The maximum atomic E-state index is 13.1. The molecule has 0 aromatic heterocycles. The summed E-state index contributed by atoms with van der Waals surface area (Å²) in [5, 5.41) is 0. The van der Waals surface area contributed by atoms with E-state index in [4.69, 9.17) is 5.73 Å². The first-order valence-electron chi connectivity index (χ1n) is 10.7. The van der Waals surface area contributed by atoms with Gasteiger partial charge in [0, 0.05) is 43.6 Å². The molecule has 0 aliphatic carbocycles. The molecule has 0 spiro atoms. The number of para-hydroxylation sites is 1. The second kappa shape index (κ2) is 8.38. The molecule has 2 aliphatic rings. The number of hydrogen-bond acceptors (Lipinski definition) is 4. The molecular formula is C24H30N4O2. The Morgan fingerprint density at radius 2 is 1.77 bits per heavy atom. The van der Waals surface area contributed by atoms with Gasteiger partial charge in [-0.15, -0.1) is 0 Å². The lowest BCUT2D eigenvalue weighted by Gasteiger charge is -2.41. The van der Waals surface area contributed by atoms with Crippen molar-refractivity contribution in [3.8, 4) is 0 Å². The predicted molar refractivity (Wildman–Crippen MR) is 120 cm³/mol. The van der Waals surface area contributed by atoms with Crippen LogP contribution in [-0.2, 0) is 9.59 Å². The van der Waals surface area contributed by atoms with Crippen LogP contribution in [0.3, 0.4) is 0 Å². The van der Waals surface area contributed by atoms with Gasteiger partial charge in [-0.1, -0.05) is 30.3 Å². The Kier molecular flexibility index (Phi) is 5.66. The molecule has 2 aromatic rings. The van der Waals surface area contributed by atoms with E-state index in [9.17, 15) is 9.59 Å². The van der Waals surface area contributed by atoms with E-state index >= 15 is 0 Å². The minimum Gasteiger partial charge on any atom is -0.369 e. The van der Waals surface area contributed by atoms with Crippen molar-refractivity contribution in [1.29, 1.82) is 0 Å². The van der Waals surface area contributed by atoms with Crippen LogP contribution in [0.25, 0.3) is 0 Å². The molecule has 2 heterocycles. The third-order valence-electron chi connectivity index (χ3n) is 6.38. The van der Waals surface area contributed by atoms with E-state index in [2.05, 4.69) is 47.9 Å². The molecular weight excluding hydrogens is 376 g/mol. The number of carbonyl (C=O) groups excluding carboxylic acids is 2. The van der Waals surface area contributed by atoms with E-state index in [-0.39, 0.29) is 23.8 Å². The van der Waals surface area contributed by atoms with Crippen molar-refractivity contribution in [1.82, 2.24) is 4.90 Å². The highest BCUT2D eigenvalue weighted by atomic mass is 16.2. The number of hydrogen-bond donors (Lipinski definition) is 1. The molecule has 158 valence electrons. The normalized spacial score (nSPS) is 21.3. The Balaban J connectivity index is 1.43. The Morgan fingerprint density at radius 1 is 1.03 bits per heavy atom. The van der Waals surface area contributed by atoms with Gasteiger partial charge in [0.15, 0.2) is 0 Å². The number of benzene rings is 2. The van der Waals surface area contributed by atoms with Crippen LogP contribution in [0.1, 0.15) is 30.4 Å². The molecule has 2 aromatic carbocycles. The second-order valence-corrected chi connectivity index (χ2v) is 8.43. The highest BCUT2D eigenvalue weighted by Crippen LogP contribution is 2.38. The van der Waals surface area contributed by atoms with Crippen molar-refractivity contribution in [3.05, 3.63) is 59.7 Å². The van der Waals surface area contributed by atoms with Gasteiger partial charge in [0.25, 0.3) is 0 Å². The van der Waals surface area contributed by atoms with Crippen LogP contribution in [-0.4, -0.2) is 55.5 Å². The standard InChI is InChI=1S/C24H30N4O2/c1-17-6-5-7-19(14-17)26-10-12-27(13-11-26)23(29)16-28-18(2)15-21(24(25)30)20-8-3-4-9-22(20)28/h3-9,14,18,21H,10-13,15-16H2,1-2H3,(H2,25,30)/t18-,21+/m1/s1. The highest BCUT2D eigenvalue weighted by molar-refractivity contribution is 5.87. The zero-order valence-electron chi connectivity index (χ0n) is 17.8. The zero-order chi connectivity index (χ0) is 21.3.